The van der Waals surface area contributed by atoms with Crippen LogP contribution in [0.25, 0.3) is 0 Å². The number of rotatable bonds is 6. The first-order valence-corrected chi connectivity index (χ1v) is 10.8. The molecule has 7 heteroatoms. The number of alkyl halides is 1. The summed E-state index contributed by atoms with van der Waals surface area (Å²) in [5.74, 6) is -0.115. The number of nitrogens with zero attached hydrogens (tertiary/aromatic N) is 1. The SMILES string of the molecule is CSC[C@@]1(O)CC[C@@](F)(C(=O)CCc2ccc(Cl)cc2Cl)c2cccnc21. The molecule has 0 bridgehead atoms. The molecule has 1 N–H and O–H groups in total. The number of hydrogen-bond acceptors (Lipinski definition) is 4. The lowest BCUT2D eigenvalue weighted by Crippen LogP contribution is -2.44. The molecule has 0 spiro atoms. The van der Waals surface area contributed by atoms with Crippen molar-refractivity contribution in [2.45, 2.75) is 37.0 Å². The average Bonchev–Trinajstić information content (AvgIpc) is 2.65. The minimum absolute atomic E-state index is 0.00709. The molecule has 1 aliphatic rings. The van der Waals surface area contributed by atoms with E-state index in [4.69, 9.17) is 23.2 Å². The second-order valence-corrected chi connectivity index (χ2v) is 8.53. The number of halogens is 3. The lowest BCUT2D eigenvalue weighted by Gasteiger charge is -2.39. The van der Waals surface area contributed by atoms with Crippen molar-refractivity contribution in [3.8, 4) is 0 Å². The Kier molecular flexibility index (Phi) is 6.16. The number of aliphatic hydroxyl groups is 1. The highest BCUT2D eigenvalue weighted by Crippen LogP contribution is 2.47. The molecule has 2 aromatic rings. The molecule has 1 aliphatic carbocycles. The van der Waals surface area contributed by atoms with Crippen LogP contribution >= 0.6 is 35.0 Å². The molecule has 0 saturated heterocycles. The Morgan fingerprint density at radius 3 is 2.81 bits per heavy atom. The Balaban J connectivity index is 1.85. The number of carbonyl (C=O) groups excluding carboxylic acids is 1. The van der Waals surface area contributed by atoms with E-state index in [1.54, 1.807) is 30.3 Å². The van der Waals surface area contributed by atoms with Gasteiger partial charge in [-0.2, -0.15) is 11.8 Å². The fraction of sp³-hybridized carbons (Fsp3) is 0.400. The summed E-state index contributed by atoms with van der Waals surface area (Å²) in [4.78, 5) is 17.1. The van der Waals surface area contributed by atoms with E-state index < -0.39 is 17.1 Å². The fourth-order valence-corrected chi connectivity index (χ4v) is 4.83. The number of thioether (sulfide) groups is 1. The van der Waals surface area contributed by atoms with Gasteiger partial charge in [-0.1, -0.05) is 35.3 Å². The minimum atomic E-state index is -2.15. The molecule has 144 valence electrons. The van der Waals surface area contributed by atoms with E-state index in [9.17, 15) is 9.90 Å². The molecular weight excluding hydrogens is 408 g/mol. The molecule has 3 nitrogen and oxygen atoms in total. The van der Waals surface area contributed by atoms with Gasteiger partial charge >= 0.3 is 0 Å². The summed E-state index contributed by atoms with van der Waals surface area (Å²) in [6.07, 6.45) is 3.82. The molecule has 0 amide bonds. The average molecular weight is 428 g/mol. The van der Waals surface area contributed by atoms with Gasteiger partial charge in [-0.25, -0.2) is 4.39 Å². The van der Waals surface area contributed by atoms with Crippen LogP contribution in [0.3, 0.4) is 0 Å². The number of carbonyl (C=O) groups is 1. The van der Waals surface area contributed by atoms with E-state index in [0.717, 1.165) is 5.56 Å². The van der Waals surface area contributed by atoms with Crippen molar-refractivity contribution < 1.29 is 14.3 Å². The first-order chi connectivity index (χ1) is 12.8. The largest absolute Gasteiger partial charge is 0.383 e. The first-order valence-electron chi connectivity index (χ1n) is 8.63. The van der Waals surface area contributed by atoms with Gasteiger partial charge in [0.2, 0.25) is 0 Å². The number of hydrogen-bond donors (Lipinski definition) is 1. The topological polar surface area (TPSA) is 50.2 Å². The van der Waals surface area contributed by atoms with Crippen molar-refractivity contribution in [1.29, 1.82) is 0 Å². The number of aromatic nitrogens is 1. The molecule has 1 aromatic heterocycles. The fourth-order valence-electron chi connectivity index (χ4n) is 3.57. The summed E-state index contributed by atoms with van der Waals surface area (Å²) in [5.41, 5.74) is -2.16. The maximum absolute atomic E-state index is 15.8. The predicted molar refractivity (Wildman–Crippen MR) is 108 cm³/mol. The van der Waals surface area contributed by atoms with Gasteiger partial charge < -0.3 is 5.11 Å². The molecule has 0 fully saturated rings. The van der Waals surface area contributed by atoms with Crippen molar-refractivity contribution >= 4 is 40.7 Å². The molecule has 0 unspecified atom stereocenters. The predicted octanol–water partition coefficient (Wildman–Crippen LogP) is 5.10. The number of ketones is 1. The smallest absolute Gasteiger partial charge is 0.195 e. The van der Waals surface area contributed by atoms with E-state index in [-0.39, 0.29) is 30.5 Å². The zero-order chi connectivity index (χ0) is 19.7. The third kappa shape index (κ3) is 4.02. The van der Waals surface area contributed by atoms with Crippen LogP contribution in [0.1, 0.15) is 36.1 Å². The molecule has 1 aromatic carbocycles. The normalized spacial score (nSPS) is 24.5. The maximum Gasteiger partial charge on any atom is 0.195 e. The van der Waals surface area contributed by atoms with Crippen molar-refractivity contribution in [1.82, 2.24) is 4.98 Å². The third-order valence-corrected chi connectivity index (χ3v) is 6.37. The van der Waals surface area contributed by atoms with Crippen LogP contribution < -0.4 is 0 Å². The van der Waals surface area contributed by atoms with E-state index in [0.29, 0.717) is 22.2 Å². The van der Waals surface area contributed by atoms with Gasteiger partial charge in [0, 0.05) is 34.0 Å². The van der Waals surface area contributed by atoms with Crippen molar-refractivity contribution in [2.75, 3.05) is 12.0 Å². The molecule has 1 heterocycles. The molecule has 0 radical (unpaired) electrons. The molecule has 0 saturated carbocycles. The number of benzene rings is 1. The van der Waals surface area contributed by atoms with Gasteiger partial charge in [-0.3, -0.25) is 9.78 Å². The number of pyridine rings is 1. The van der Waals surface area contributed by atoms with E-state index >= 15 is 4.39 Å². The van der Waals surface area contributed by atoms with E-state index in [1.807, 2.05) is 6.26 Å². The Morgan fingerprint density at radius 2 is 2.11 bits per heavy atom. The molecular formula is C20H20Cl2FNO2S. The summed E-state index contributed by atoms with van der Waals surface area (Å²) >= 11 is 13.5. The Labute approximate surface area is 172 Å². The quantitative estimate of drug-likeness (QED) is 0.696. The highest BCUT2D eigenvalue weighted by Gasteiger charge is 2.51. The highest BCUT2D eigenvalue weighted by molar-refractivity contribution is 7.98. The Morgan fingerprint density at radius 1 is 1.33 bits per heavy atom. The monoisotopic (exact) mass is 427 g/mol. The second kappa shape index (κ2) is 8.08. The van der Waals surface area contributed by atoms with Gasteiger partial charge in [-0.05, 0) is 49.3 Å². The van der Waals surface area contributed by atoms with Gasteiger partial charge in [0.15, 0.2) is 11.5 Å². The van der Waals surface area contributed by atoms with Gasteiger partial charge in [0.05, 0.1) is 5.69 Å². The van der Waals surface area contributed by atoms with E-state index in [2.05, 4.69) is 4.98 Å². The zero-order valence-corrected chi connectivity index (χ0v) is 17.2. The standard InChI is InChI=1S/C20H20Cl2FNO2S/c1-27-12-19(26)8-9-20(23,15-3-2-10-24-18(15)19)17(25)7-5-13-4-6-14(21)11-16(13)22/h2-4,6,10-11,26H,5,7-9,12H2,1H3/t19-,20-/m0/s1. The molecule has 0 aliphatic heterocycles. The molecule has 2 atom stereocenters. The van der Waals surface area contributed by atoms with Crippen LogP contribution in [0.15, 0.2) is 36.5 Å². The summed E-state index contributed by atoms with van der Waals surface area (Å²) in [6.45, 7) is 0. The zero-order valence-electron chi connectivity index (χ0n) is 14.8. The molecule has 3 rings (SSSR count). The van der Waals surface area contributed by atoms with Crippen molar-refractivity contribution in [3.05, 3.63) is 63.4 Å². The van der Waals surface area contributed by atoms with Crippen LogP contribution in [-0.4, -0.2) is 27.9 Å². The van der Waals surface area contributed by atoms with E-state index in [1.165, 1.54) is 18.0 Å². The van der Waals surface area contributed by atoms with Gasteiger partial charge in [-0.15, -0.1) is 0 Å². The van der Waals surface area contributed by atoms with Crippen LogP contribution in [0.5, 0.6) is 0 Å². The van der Waals surface area contributed by atoms with Gasteiger partial charge in [0.25, 0.3) is 0 Å². The highest BCUT2D eigenvalue weighted by atomic mass is 35.5. The van der Waals surface area contributed by atoms with Crippen LogP contribution in [-0.2, 0) is 22.5 Å². The van der Waals surface area contributed by atoms with Gasteiger partial charge in [0.1, 0.15) is 5.60 Å². The summed E-state index contributed by atoms with van der Waals surface area (Å²) in [6, 6.07) is 8.20. The lowest BCUT2D eigenvalue weighted by molar-refractivity contribution is -0.134. The number of fused-ring (bicyclic) bond motifs is 1. The lowest BCUT2D eigenvalue weighted by atomic mass is 9.73. The molecule has 27 heavy (non-hydrogen) atoms. The summed E-state index contributed by atoms with van der Waals surface area (Å²) < 4.78 is 15.8. The summed E-state index contributed by atoms with van der Waals surface area (Å²) in [7, 11) is 0. The Hall–Kier alpha value is -1.14. The van der Waals surface area contributed by atoms with Crippen molar-refractivity contribution in [3.63, 3.8) is 0 Å². The van der Waals surface area contributed by atoms with Crippen molar-refractivity contribution in [2.24, 2.45) is 0 Å². The summed E-state index contributed by atoms with van der Waals surface area (Å²) in [5, 5.41) is 11.9. The third-order valence-electron chi connectivity index (χ3n) is 5.02. The number of aryl methyl sites for hydroxylation is 1. The Bertz CT molecular complexity index is 866. The minimum Gasteiger partial charge on any atom is -0.383 e. The first kappa shape index (κ1) is 20.6. The van der Waals surface area contributed by atoms with Crippen LogP contribution in [0, 0.1) is 0 Å². The maximum atomic E-state index is 15.8. The number of Topliss-reactive ketones (excluding diaryl/α,β-unsaturated/α-hetero) is 1. The second-order valence-electron chi connectivity index (χ2n) is 6.82. The van der Waals surface area contributed by atoms with Crippen LogP contribution in [0.4, 0.5) is 4.39 Å². The van der Waals surface area contributed by atoms with Crippen LogP contribution in [0.2, 0.25) is 10.0 Å².